The summed E-state index contributed by atoms with van der Waals surface area (Å²) in [5.41, 5.74) is 0.909. The molecule has 0 unspecified atom stereocenters. The van der Waals surface area contributed by atoms with E-state index < -0.39 is 5.97 Å². The van der Waals surface area contributed by atoms with Crippen molar-refractivity contribution >= 4 is 11.9 Å². The fraction of sp³-hybridized carbons (Fsp3) is 0.556. The third-order valence-electron chi connectivity index (χ3n) is 4.30. The minimum Gasteiger partial charge on any atom is -0.497 e. The van der Waals surface area contributed by atoms with Gasteiger partial charge in [0.15, 0.2) is 0 Å². The first-order chi connectivity index (χ1) is 12.0. The van der Waals surface area contributed by atoms with E-state index in [0.717, 1.165) is 5.56 Å². The molecule has 138 valence electrons. The molecule has 1 amide bonds. The van der Waals surface area contributed by atoms with Crippen LogP contribution in [0.5, 0.6) is 11.5 Å². The molecular formula is C18H25NO6. The lowest BCUT2D eigenvalue weighted by Gasteiger charge is -2.33. The highest BCUT2D eigenvalue weighted by atomic mass is 16.5. The van der Waals surface area contributed by atoms with E-state index in [9.17, 15) is 9.59 Å². The van der Waals surface area contributed by atoms with E-state index in [1.807, 2.05) is 12.1 Å². The lowest BCUT2D eigenvalue weighted by molar-refractivity contribution is -0.147. The summed E-state index contributed by atoms with van der Waals surface area (Å²) in [4.78, 5) is 25.2. The quantitative estimate of drug-likeness (QED) is 0.768. The predicted octanol–water partition coefficient (Wildman–Crippen LogP) is 1.73. The third kappa shape index (κ3) is 5.63. The Morgan fingerprint density at radius 2 is 1.76 bits per heavy atom. The zero-order valence-corrected chi connectivity index (χ0v) is 14.7. The minimum absolute atomic E-state index is 0.0720. The Morgan fingerprint density at radius 1 is 1.16 bits per heavy atom. The molecular weight excluding hydrogens is 326 g/mol. The normalized spacial score (nSPS) is 14.8. The number of carbonyl (C=O) groups excluding carboxylic acids is 1. The molecule has 0 aliphatic carbocycles. The van der Waals surface area contributed by atoms with Gasteiger partial charge in [0.1, 0.15) is 18.0 Å². The molecule has 1 aliphatic rings. The number of methoxy groups -OCH3 is 2. The fourth-order valence-electron chi connectivity index (χ4n) is 2.97. The van der Waals surface area contributed by atoms with Crippen molar-refractivity contribution in [3.63, 3.8) is 0 Å². The molecule has 1 heterocycles. The zero-order chi connectivity index (χ0) is 18.2. The number of benzene rings is 1. The Bertz CT molecular complexity index is 575. The topological polar surface area (TPSA) is 85.3 Å². The number of hydrogen-bond donors (Lipinski definition) is 1. The summed E-state index contributed by atoms with van der Waals surface area (Å²) in [7, 11) is 3.15. The first-order valence-electron chi connectivity index (χ1n) is 8.34. The Hall–Kier alpha value is -2.28. The first kappa shape index (κ1) is 19.1. The first-order valence-corrected chi connectivity index (χ1v) is 8.34. The number of carbonyl (C=O) groups is 2. The Balaban J connectivity index is 2.03. The molecule has 0 aromatic heterocycles. The van der Waals surface area contributed by atoms with Crippen LogP contribution in [0.4, 0.5) is 0 Å². The van der Waals surface area contributed by atoms with Gasteiger partial charge in [-0.25, -0.2) is 0 Å². The van der Waals surface area contributed by atoms with Crippen LogP contribution in [0.3, 0.4) is 0 Å². The number of amides is 1. The van der Waals surface area contributed by atoms with Crippen LogP contribution in [0.25, 0.3) is 0 Å². The number of hydrogen-bond acceptors (Lipinski definition) is 5. The standard InChI is InChI=1S/C18H25NO6/c1-23-15-9-13(10-16(11-15)24-2)3-4-17(20)19(12-18(21)22)14-5-7-25-8-6-14/h9-11,14H,3-8,12H2,1-2H3,(H,21,22). The SMILES string of the molecule is COc1cc(CCC(=O)N(CC(=O)O)C2CCOCC2)cc(OC)c1. The van der Waals surface area contributed by atoms with E-state index >= 15 is 0 Å². The summed E-state index contributed by atoms with van der Waals surface area (Å²) in [6, 6.07) is 5.40. The van der Waals surface area contributed by atoms with E-state index in [0.29, 0.717) is 44.0 Å². The van der Waals surface area contributed by atoms with Crippen molar-refractivity contribution in [2.75, 3.05) is 34.0 Å². The lowest BCUT2D eigenvalue weighted by Crippen LogP contribution is -2.46. The monoisotopic (exact) mass is 351 g/mol. The van der Waals surface area contributed by atoms with Crippen molar-refractivity contribution in [2.45, 2.75) is 31.7 Å². The predicted molar refractivity (Wildman–Crippen MR) is 91.1 cm³/mol. The van der Waals surface area contributed by atoms with Gasteiger partial charge in [0, 0.05) is 31.7 Å². The molecule has 2 rings (SSSR count). The smallest absolute Gasteiger partial charge is 0.323 e. The van der Waals surface area contributed by atoms with Gasteiger partial charge >= 0.3 is 5.97 Å². The van der Waals surface area contributed by atoms with E-state index in [-0.39, 0.29) is 24.9 Å². The van der Waals surface area contributed by atoms with Crippen molar-refractivity contribution in [3.8, 4) is 11.5 Å². The molecule has 0 radical (unpaired) electrons. The number of aryl methyl sites for hydroxylation is 1. The van der Waals surface area contributed by atoms with Crippen molar-refractivity contribution in [1.29, 1.82) is 0 Å². The Morgan fingerprint density at radius 3 is 2.28 bits per heavy atom. The fourth-order valence-corrected chi connectivity index (χ4v) is 2.97. The van der Waals surface area contributed by atoms with E-state index in [4.69, 9.17) is 19.3 Å². The second kappa shape index (κ2) is 9.27. The van der Waals surface area contributed by atoms with Crippen LogP contribution in [-0.2, 0) is 20.7 Å². The lowest BCUT2D eigenvalue weighted by atomic mass is 10.0. The minimum atomic E-state index is -0.997. The van der Waals surface area contributed by atoms with Gasteiger partial charge < -0.3 is 24.2 Å². The molecule has 0 bridgehead atoms. The van der Waals surface area contributed by atoms with E-state index in [1.54, 1.807) is 20.3 Å². The summed E-state index contributed by atoms with van der Waals surface area (Å²) in [5, 5.41) is 9.13. The Labute approximate surface area is 147 Å². The van der Waals surface area contributed by atoms with Crippen LogP contribution in [0, 0.1) is 0 Å². The van der Waals surface area contributed by atoms with Gasteiger partial charge in [0.2, 0.25) is 5.91 Å². The van der Waals surface area contributed by atoms with E-state index in [2.05, 4.69) is 0 Å². The summed E-state index contributed by atoms with van der Waals surface area (Å²) in [6.45, 7) is 0.841. The highest BCUT2D eigenvalue weighted by molar-refractivity contribution is 5.81. The highest BCUT2D eigenvalue weighted by Crippen LogP contribution is 2.24. The largest absolute Gasteiger partial charge is 0.497 e. The number of carboxylic acid groups (broad SMARTS) is 1. The summed E-state index contributed by atoms with van der Waals surface area (Å²) in [5.74, 6) is 0.168. The zero-order valence-electron chi connectivity index (χ0n) is 14.7. The van der Waals surface area contributed by atoms with Crippen LogP contribution in [0.15, 0.2) is 18.2 Å². The van der Waals surface area contributed by atoms with Crippen LogP contribution >= 0.6 is 0 Å². The van der Waals surface area contributed by atoms with Crippen molar-refractivity contribution in [1.82, 2.24) is 4.90 Å². The van der Waals surface area contributed by atoms with Crippen LogP contribution in [0.1, 0.15) is 24.8 Å². The average molecular weight is 351 g/mol. The van der Waals surface area contributed by atoms with Crippen LogP contribution in [0.2, 0.25) is 0 Å². The molecule has 1 N–H and O–H groups in total. The Kier molecular flexibility index (Phi) is 7.06. The average Bonchev–Trinajstić information content (AvgIpc) is 2.64. The molecule has 25 heavy (non-hydrogen) atoms. The van der Waals surface area contributed by atoms with Crippen molar-refractivity contribution in [3.05, 3.63) is 23.8 Å². The second-order valence-electron chi connectivity index (χ2n) is 5.98. The highest BCUT2D eigenvalue weighted by Gasteiger charge is 2.27. The maximum absolute atomic E-state index is 12.6. The van der Waals surface area contributed by atoms with Gasteiger partial charge in [-0.15, -0.1) is 0 Å². The summed E-state index contributed by atoms with van der Waals surface area (Å²) < 4.78 is 15.8. The van der Waals surface area contributed by atoms with Gasteiger partial charge in [-0.1, -0.05) is 0 Å². The van der Waals surface area contributed by atoms with Gasteiger partial charge in [-0.2, -0.15) is 0 Å². The van der Waals surface area contributed by atoms with Crippen LogP contribution < -0.4 is 9.47 Å². The summed E-state index contributed by atoms with van der Waals surface area (Å²) in [6.07, 6.45) is 2.07. The molecule has 0 spiro atoms. The molecule has 1 aromatic carbocycles. The van der Waals surface area contributed by atoms with Gasteiger partial charge in [-0.05, 0) is 37.0 Å². The summed E-state index contributed by atoms with van der Waals surface area (Å²) >= 11 is 0. The van der Waals surface area contributed by atoms with Gasteiger partial charge in [-0.3, -0.25) is 9.59 Å². The van der Waals surface area contributed by atoms with Gasteiger partial charge in [0.25, 0.3) is 0 Å². The van der Waals surface area contributed by atoms with E-state index in [1.165, 1.54) is 4.90 Å². The number of aliphatic carboxylic acids is 1. The molecule has 0 saturated carbocycles. The molecule has 1 saturated heterocycles. The maximum Gasteiger partial charge on any atom is 0.323 e. The molecule has 7 heteroatoms. The third-order valence-corrected chi connectivity index (χ3v) is 4.30. The van der Waals surface area contributed by atoms with Crippen molar-refractivity contribution < 1.29 is 28.9 Å². The molecule has 1 aromatic rings. The molecule has 1 aliphatic heterocycles. The maximum atomic E-state index is 12.6. The molecule has 1 fully saturated rings. The number of nitrogens with zero attached hydrogens (tertiary/aromatic N) is 1. The molecule has 7 nitrogen and oxygen atoms in total. The molecule has 0 atom stereocenters. The van der Waals surface area contributed by atoms with Crippen molar-refractivity contribution in [2.24, 2.45) is 0 Å². The second-order valence-corrected chi connectivity index (χ2v) is 5.98. The number of carboxylic acids is 1. The number of ether oxygens (including phenoxy) is 3. The van der Waals surface area contributed by atoms with Crippen LogP contribution in [-0.4, -0.2) is 61.9 Å². The number of rotatable bonds is 8. The van der Waals surface area contributed by atoms with Gasteiger partial charge in [0.05, 0.1) is 14.2 Å².